The average Bonchev–Trinajstić information content (AvgIpc) is 2.40. The summed E-state index contributed by atoms with van der Waals surface area (Å²) < 4.78 is 27.4. The number of anilines is 2. The van der Waals surface area contributed by atoms with Crippen molar-refractivity contribution >= 4 is 27.3 Å². The van der Waals surface area contributed by atoms with Gasteiger partial charge in [0.1, 0.15) is 0 Å². The molecular weight excluding hydrogens is 300 g/mol. The Morgan fingerprint density at radius 3 is 2.41 bits per heavy atom. The number of rotatable bonds is 4. The van der Waals surface area contributed by atoms with Gasteiger partial charge in [0.05, 0.1) is 4.90 Å². The molecule has 2 rings (SSSR count). The highest BCUT2D eigenvalue weighted by Gasteiger charge is 2.16. The molecule has 6 heteroatoms. The van der Waals surface area contributed by atoms with Crippen LogP contribution >= 0.6 is 0 Å². The molecule has 0 bridgehead atoms. The molecule has 22 heavy (non-hydrogen) atoms. The van der Waals surface area contributed by atoms with E-state index in [0.717, 1.165) is 11.1 Å². The van der Waals surface area contributed by atoms with Gasteiger partial charge >= 0.3 is 0 Å². The topological polar surface area (TPSA) is 75.3 Å². The lowest BCUT2D eigenvalue weighted by atomic mass is 10.2. The highest BCUT2D eigenvalue weighted by atomic mass is 32.2. The predicted molar refractivity (Wildman–Crippen MR) is 87.5 cm³/mol. The zero-order valence-corrected chi connectivity index (χ0v) is 13.5. The van der Waals surface area contributed by atoms with Crippen molar-refractivity contribution in [1.29, 1.82) is 0 Å². The SMILES string of the molecule is CC(=O)Nc1cc(S(=O)(=O)Nc2cccc(C)c2)ccc1C. The molecule has 0 radical (unpaired) electrons. The highest BCUT2D eigenvalue weighted by molar-refractivity contribution is 7.92. The van der Waals surface area contributed by atoms with Crippen LogP contribution in [0.5, 0.6) is 0 Å². The molecule has 5 nitrogen and oxygen atoms in total. The first-order valence-electron chi connectivity index (χ1n) is 6.76. The summed E-state index contributed by atoms with van der Waals surface area (Å²) in [5.41, 5.74) is 2.74. The number of carbonyl (C=O) groups excluding carboxylic acids is 1. The summed E-state index contributed by atoms with van der Waals surface area (Å²) in [5.74, 6) is -0.246. The molecule has 0 aliphatic carbocycles. The lowest BCUT2D eigenvalue weighted by Gasteiger charge is -2.12. The molecule has 0 aliphatic heterocycles. The fraction of sp³-hybridized carbons (Fsp3) is 0.188. The van der Waals surface area contributed by atoms with Crippen molar-refractivity contribution in [3.05, 3.63) is 53.6 Å². The van der Waals surface area contributed by atoms with Gasteiger partial charge in [0.25, 0.3) is 10.0 Å². The summed E-state index contributed by atoms with van der Waals surface area (Å²) in [5, 5.41) is 2.63. The van der Waals surface area contributed by atoms with Crippen molar-refractivity contribution in [3.8, 4) is 0 Å². The van der Waals surface area contributed by atoms with Gasteiger partial charge in [-0.05, 0) is 49.2 Å². The van der Waals surface area contributed by atoms with Gasteiger partial charge in [0.15, 0.2) is 0 Å². The molecule has 2 N–H and O–H groups in total. The zero-order valence-electron chi connectivity index (χ0n) is 12.7. The molecule has 0 heterocycles. The van der Waals surface area contributed by atoms with Crippen molar-refractivity contribution < 1.29 is 13.2 Å². The molecule has 0 saturated carbocycles. The van der Waals surface area contributed by atoms with Crippen LogP contribution in [0.25, 0.3) is 0 Å². The molecule has 0 fully saturated rings. The third-order valence-corrected chi connectivity index (χ3v) is 4.48. The number of hydrogen-bond donors (Lipinski definition) is 2. The average molecular weight is 318 g/mol. The minimum atomic E-state index is -3.71. The number of hydrogen-bond acceptors (Lipinski definition) is 3. The lowest BCUT2D eigenvalue weighted by Crippen LogP contribution is -2.14. The number of amides is 1. The van der Waals surface area contributed by atoms with E-state index in [0.29, 0.717) is 11.4 Å². The smallest absolute Gasteiger partial charge is 0.261 e. The van der Waals surface area contributed by atoms with Gasteiger partial charge in [0.2, 0.25) is 5.91 Å². The summed E-state index contributed by atoms with van der Waals surface area (Å²) in [4.78, 5) is 11.3. The van der Waals surface area contributed by atoms with Crippen LogP contribution in [-0.2, 0) is 14.8 Å². The summed E-state index contributed by atoms with van der Waals surface area (Å²) >= 11 is 0. The van der Waals surface area contributed by atoms with Gasteiger partial charge in [-0.3, -0.25) is 9.52 Å². The molecule has 0 atom stereocenters. The van der Waals surface area contributed by atoms with Gasteiger partial charge in [-0.1, -0.05) is 18.2 Å². The zero-order chi connectivity index (χ0) is 16.3. The van der Waals surface area contributed by atoms with Gasteiger partial charge in [-0.15, -0.1) is 0 Å². The second-order valence-electron chi connectivity index (χ2n) is 5.13. The Bertz CT molecular complexity index is 814. The van der Waals surface area contributed by atoms with E-state index in [2.05, 4.69) is 10.0 Å². The van der Waals surface area contributed by atoms with E-state index in [-0.39, 0.29) is 10.8 Å². The van der Waals surface area contributed by atoms with Crippen LogP contribution in [0.1, 0.15) is 18.1 Å². The molecular formula is C16H18N2O3S. The summed E-state index contributed by atoms with van der Waals surface area (Å²) in [6.45, 7) is 5.07. The fourth-order valence-electron chi connectivity index (χ4n) is 2.02. The van der Waals surface area contributed by atoms with Crippen LogP contribution in [0.15, 0.2) is 47.4 Å². The Balaban J connectivity index is 2.35. The van der Waals surface area contributed by atoms with Gasteiger partial charge in [-0.2, -0.15) is 0 Å². The molecule has 0 aliphatic rings. The minimum Gasteiger partial charge on any atom is -0.326 e. The lowest BCUT2D eigenvalue weighted by molar-refractivity contribution is -0.114. The third kappa shape index (κ3) is 3.85. The predicted octanol–water partition coefficient (Wildman–Crippen LogP) is 3.06. The Labute approximate surface area is 130 Å². The standard InChI is InChI=1S/C16H18N2O3S/c1-11-5-4-6-14(9-11)18-22(20,21)15-8-7-12(2)16(10-15)17-13(3)19/h4-10,18H,1-3H3,(H,17,19). The molecule has 1 amide bonds. The van der Waals surface area contributed by atoms with Crippen LogP contribution in [-0.4, -0.2) is 14.3 Å². The maximum absolute atomic E-state index is 12.4. The highest BCUT2D eigenvalue weighted by Crippen LogP contribution is 2.22. The maximum atomic E-state index is 12.4. The molecule has 0 spiro atoms. The second-order valence-corrected chi connectivity index (χ2v) is 6.82. The maximum Gasteiger partial charge on any atom is 0.261 e. The normalized spacial score (nSPS) is 11.0. The Kier molecular flexibility index (Phi) is 4.51. The first-order chi connectivity index (χ1) is 10.3. The molecule has 0 unspecified atom stereocenters. The molecule has 116 valence electrons. The number of carbonyl (C=O) groups is 1. The monoisotopic (exact) mass is 318 g/mol. The van der Waals surface area contributed by atoms with Crippen molar-refractivity contribution in [1.82, 2.24) is 0 Å². The van der Waals surface area contributed by atoms with Crippen LogP contribution in [0.4, 0.5) is 11.4 Å². The first-order valence-corrected chi connectivity index (χ1v) is 8.24. The second kappa shape index (κ2) is 6.19. The van der Waals surface area contributed by atoms with Crippen molar-refractivity contribution in [2.75, 3.05) is 10.0 Å². The molecule has 0 aromatic heterocycles. The Hall–Kier alpha value is -2.34. The van der Waals surface area contributed by atoms with Crippen molar-refractivity contribution in [3.63, 3.8) is 0 Å². The summed E-state index contributed by atoms with van der Waals surface area (Å²) in [7, 11) is -3.71. The number of aryl methyl sites for hydroxylation is 2. The van der Waals surface area contributed by atoms with Crippen LogP contribution in [0.2, 0.25) is 0 Å². The number of benzene rings is 2. The molecule has 2 aromatic rings. The molecule has 0 saturated heterocycles. The summed E-state index contributed by atoms with van der Waals surface area (Å²) in [6, 6.07) is 11.7. The first kappa shape index (κ1) is 16.0. The van der Waals surface area contributed by atoms with E-state index in [9.17, 15) is 13.2 Å². The largest absolute Gasteiger partial charge is 0.326 e. The van der Waals surface area contributed by atoms with E-state index in [1.54, 1.807) is 31.2 Å². The van der Waals surface area contributed by atoms with Crippen molar-refractivity contribution in [2.24, 2.45) is 0 Å². The number of sulfonamides is 1. The Morgan fingerprint density at radius 2 is 1.77 bits per heavy atom. The van der Waals surface area contributed by atoms with Crippen LogP contribution < -0.4 is 10.0 Å². The quantitative estimate of drug-likeness (QED) is 0.909. The van der Waals surface area contributed by atoms with Crippen LogP contribution in [0.3, 0.4) is 0 Å². The summed E-state index contributed by atoms with van der Waals surface area (Å²) in [6.07, 6.45) is 0. The van der Waals surface area contributed by atoms with Crippen LogP contribution in [0, 0.1) is 13.8 Å². The number of nitrogens with one attached hydrogen (secondary N) is 2. The minimum absolute atomic E-state index is 0.100. The van der Waals surface area contributed by atoms with Crippen molar-refractivity contribution in [2.45, 2.75) is 25.7 Å². The van der Waals surface area contributed by atoms with Gasteiger partial charge in [-0.25, -0.2) is 8.42 Å². The van der Waals surface area contributed by atoms with E-state index < -0.39 is 10.0 Å². The van der Waals surface area contributed by atoms with Gasteiger partial charge in [0, 0.05) is 18.3 Å². The Morgan fingerprint density at radius 1 is 1.05 bits per heavy atom. The van der Waals surface area contributed by atoms with E-state index in [4.69, 9.17) is 0 Å². The van der Waals surface area contributed by atoms with Gasteiger partial charge < -0.3 is 5.32 Å². The molecule has 2 aromatic carbocycles. The van der Waals surface area contributed by atoms with E-state index >= 15 is 0 Å². The van der Waals surface area contributed by atoms with E-state index in [1.165, 1.54) is 19.1 Å². The third-order valence-electron chi connectivity index (χ3n) is 3.10. The van der Waals surface area contributed by atoms with E-state index in [1.807, 2.05) is 13.0 Å². The fourth-order valence-corrected chi connectivity index (χ4v) is 3.09.